The van der Waals surface area contributed by atoms with Gasteiger partial charge >= 0.3 is 0 Å². The van der Waals surface area contributed by atoms with Crippen LogP contribution >= 0.6 is 0 Å². The Balaban J connectivity index is 1.44. The number of halogens is 1. The van der Waals surface area contributed by atoms with Crippen LogP contribution in [0, 0.1) is 5.82 Å². The summed E-state index contributed by atoms with van der Waals surface area (Å²) >= 11 is 0. The Kier molecular flexibility index (Phi) is 7.07. The van der Waals surface area contributed by atoms with E-state index in [-0.39, 0.29) is 11.7 Å². The van der Waals surface area contributed by atoms with Crippen molar-refractivity contribution in [2.24, 2.45) is 5.16 Å². The molecule has 0 saturated carbocycles. The van der Waals surface area contributed by atoms with Crippen molar-refractivity contribution in [3.63, 3.8) is 0 Å². The van der Waals surface area contributed by atoms with Gasteiger partial charge in [0, 0.05) is 63.8 Å². The molecule has 0 aliphatic carbocycles. The van der Waals surface area contributed by atoms with Crippen molar-refractivity contribution in [1.29, 1.82) is 0 Å². The molecule has 6 nitrogen and oxygen atoms in total. The van der Waals surface area contributed by atoms with Crippen molar-refractivity contribution in [2.45, 2.75) is 12.8 Å². The number of piperazine rings is 2. The van der Waals surface area contributed by atoms with Crippen LogP contribution in [0.2, 0.25) is 0 Å². The Morgan fingerprint density at radius 3 is 1.97 bits per heavy atom. The fraction of sp³-hybridized carbons (Fsp3) is 0.464. The normalized spacial score (nSPS) is 20.6. The van der Waals surface area contributed by atoms with Crippen LogP contribution in [0.15, 0.2) is 65.1 Å². The van der Waals surface area contributed by atoms with Gasteiger partial charge in [-0.2, -0.15) is 0 Å². The highest BCUT2D eigenvalue weighted by Crippen LogP contribution is 2.32. The topological polar surface area (TPSA) is 34.6 Å². The molecule has 5 rings (SSSR count). The SMILES string of the molecule is CC(C1=NOCC1=C(N1CCN(C)CC1)N1CCN(C)CC1)c1ccc(-c2ccccc2F)cc1. The van der Waals surface area contributed by atoms with Crippen molar-refractivity contribution in [1.82, 2.24) is 19.6 Å². The molecule has 0 aromatic heterocycles. The van der Waals surface area contributed by atoms with Crippen LogP contribution in [-0.4, -0.2) is 98.4 Å². The lowest BCUT2D eigenvalue weighted by Crippen LogP contribution is -2.52. The van der Waals surface area contributed by atoms with Crippen LogP contribution < -0.4 is 0 Å². The van der Waals surface area contributed by atoms with Gasteiger partial charge in [0.15, 0.2) is 0 Å². The van der Waals surface area contributed by atoms with Crippen LogP contribution in [0.4, 0.5) is 4.39 Å². The molecule has 2 aromatic rings. The summed E-state index contributed by atoms with van der Waals surface area (Å²) in [7, 11) is 4.39. The molecule has 1 unspecified atom stereocenters. The highest BCUT2D eigenvalue weighted by atomic mass is 19.1. The smallest absolute Gasteiger partial charge is 0.147 e. The minimum Gasteiger partial charge on any atom is -0.390 e. The van der Waals surface area contributed by atoms with Crippen molar-refractivity contribution < 1.29 is 9.23 Å². The largest absolute Gasteiger partial charge is 0.390 e. The van der Waals surface area contributed by atoms with E-state index in [0.717, 1.165) is 69.2 Å². The molecule has 35 heavy (non-hydrogen) atoms. The maximum Gasteiger partial charge on any atom is 0.147 e. The quantitative estimate of drug-likeness (QED) is 0.656. The van der Waals surface area contributed by atoms with Gasteiger partial charge in [0.05, 0.1) is 11.3 Å². The second kappa shape index (κ2) is 10.4. The highest BCUT2D eigenvalue weighted by molar-refractivity contribution is 6.06. The summed E-state index contributed by atoms with van der Waals surface area (Å²) in [6.07, 6.45) is 0. The molecule has 3 heterocycles. The number of benzene rings is 2. The predicted octanol–water partition coefficient (Wildman–Crippen LogP) is 3.69. The van der Waals surface area contributed by atoms with E-state index in [1.54, 1.807) is 6.07 Å². The first-order chi connectivity index (χ1) is 17.0. The van der Waals surface area contributed by atoms with Crippen LogP contribution in [0.1, 0.15) is 18.4 Å². The second-order valence-corrected chi connectivity index (χ2v) is 9.96. The van der Waals surface area contributed by atoms with Crippen LogP contribution in [0.25, 0.3) is 11.1 Å². The fourth-order valence-electron chi connectivity index (χ4n) is 5.24. The summed E-state index contributed by atoms with van der Waals surface area (Å²) in [5, 5.41) is 4.55. The van der Waals surface area contributed by atoms with Crippen molar-refractivity contribution in [3.8, 4) is 11.1 Å². The van der Waals surface area contributed by atoms with Gasteiger partial charge in [0.1, 0.15) is 18.2 Å². The fourth-order valence-corrected chi connectivity index (χ4v) is 5.24. The molecule has 0 N–H and O–H groups in total. The molecule has 3 aliphatic rings. The van der Waals surface area contributed by atoms with E-state index >= 15 is 0 Å². The molecule has 3 aliphatic heterocycles. The monoisotopic (exact) mass is 477 g/mol. The van der Waals surface area contributed by atoms with Crippen molar-refractivity contribution >= 4 is 5.71 Å². The number of hydrogen-bond acceptors (Lipinski definition) is 6. The maximum absolute atomic E-state index is 14.3. The lowest BCUT2D eigenvalue weighted by atomic mass is 9.90. The van der Waals surface area contributed by atoms with Crippen LogP contribution in [0.5, 0.6) is 0 Å². The van der Waals surface area contributed by atoms with Gasteiger partial charge in [-0.25, -0.2) is 4.39 Å². The number of hydrogen-bond donors (Lipinski definition) is 0. The molecule has 0 spiro atoms. The molecule has 186 valence electrons. The molecule has 7 heteroatoms. The summed E-state index contributed by atoms with van der Waals surface area (Å²) in [4.78, 5) is 15.6. The van der Waals surface area contributed by atoms with Gasteiger partial charge in [-0.3, -0.25) is 0 Å². The Morgan fingerprint density at radius 1 is 0.829 bits per heavy atom. The van der Waals surface area contributed by atoms with E-state index in [2.05, 4.69) is 57.9 Å². The van der Waals surface area contributed by atoms with Gasteiger partial charge in [-0.15, -0.1) is 0 Å². The number of nitrogens with zero attached hydrogens (tertiary/aromatic N) is 5. The standard InChI is InChI=1S/C28H36FN5O/c1-21(22-8-10-23(11-9-22)24-6-4-5-7-26(24)29)27-25(20-35-30-27)28(33-16-12-31(2)13-17-33)34-18-14-32(3)15-19-34/h4-11,21H,12-20H2,1-3H3. The van der Waals surface area contributed by atoms with Gasteiger partial charge in [0.25, 0.3) is 0 Å². The first kappa shape index (κ1) is 23.8. The summed E-state index contributed by atoms with van der Waals surface area (Å²) in [6, 6.07) is 15.1. The number of oxime groups is 1. The number of rotatable bonds is 5. The molecule has 0 bridgehead atoms. The number of likely N-dealkylation sites (N-methyl/N-ethyl adjacent to an activating group) is 2. The summed E-state index contributed by atoms with van der Waals surface area (Å²) < 4.78 is 14.3. The molecular weight excluding hydrogens is 441 g/mol. The zero-order chi connectivity index (χ0) is 24.4. The highest BCUT2D eigenvalue weighted by Gasteiger charge is 2.33. The van der Waals surface area contributed by atoms with E-state index in [1.807, 2.05) is 24.3 Å². The van der Waals surface area contributed by atoms with Crippen molar-refractivity contribution in [2.75, 3.05) is 73.1 Å². The van der Waals surface area contributed by atoms with Gasteiger partial charge in [-0.1, -0.05) is 54.5 Å². The maximum atomic E-state index is 14.3. The summed E-state index contributed by atoms with van der Waals surface area (Å²) in [5.41, 5.74) is 4.89. The van der Waals surface area contributed by atoms with Crippen molar-refractivity contribution in [3.05, 3.63) is 71.3 Å². The van der Waals surface area contributed by atoms with E-state index in [9.17, 15) is 4.39 Å². The third kappa shape index (κ3) is 5.07. The van der Waals surface area contributed by atoms with Crippen LogP contribution in [-0.2, 0) is 4.84 Å². The minimum atomic E-state index is -0.198. The van der Waals surface area contributed by atoms with E-state index in [0.29, 0.717) is 12.2 Å². The second-order valence-electron chi connectivity index (χ2n) is 9.96. The Hall–Kier alpha value is -2.90. The molecule has 1 atom stereocenters. The lowest BCUT2D eigenvalue weighted by molar-refractivity contribution is 0.103. The summed E-state index contributed by atoms with van der Waals surface area (Å²) in [5.74, 6) is 1.19. The summed E-state index contributed by atoms with van der Waals surface area (Å²) in [6.45, 7) is 11.0. The average Bonchev–Trinajstić information content (AvgIpc) is 3.36. The zero-order valence-corrected chi connectivity index (χ0v) is 21.1. The van der Waals surface area contributed by atoms with E-state index < -0.39 is 0 Å². The molecular formula is C28H36FN5O. The molecule has 2 saturated heterocycles. The Bertz CT molecular complexity index is 1060. The predicted molar refractivity (Wildman–Crippen MR) is 139 cm³/mol. The Morgan fingerprint density at radius 2 is 1.40 bits per heavy atom. The minimum absolute atomic E-state index is 0.0806. The van der Waals surface area contributed by atoms with Gasteiger partial charge in [0.2, 0.25) is 0 Å². The Labute approximate surface area is 208 Å². The first-order valence-corrected chi connectivity index (χ1v) is 12.7. The molecule has 2 aromatic carbocycles. The third-order valence-corrected chi connectivity index (χ3v) is 7.56. The molecule has 0 amide bonds. The van der Waals surface area contributed by atoms with E-state index in [1.165, 1.54) is 17.5 Å². The zero-order valence-electron chi connectivity index (χ0n) is 21.1. The van der Waals surface area contributed by atoms with Gasteiger partial charge < -0.3 is 24.4 Å². The average molecular weight is 478 g/mol. The lowest BCUT2D eigenvalue weighted by Gasteiger charge is -2.44. The first-order valence-electron chi connectivity index (χ1n) is 12.7. The molecule has 0 radical (unpaired) electrons. The van der Waals surface area contributed by atoms with Gasteiger partial charge in [-0.05, 0) is 31.3 Å². The van der Waals surface area contributed by atoms with Crippen LogP contribution in [0.3, 0.4) is 0 Å². The molecule has 2 fully saturated rings. The third-order valence-electron chi connectivity index (χ3n) is 7.56. The van der Waals surface area contributed by atoms with E-state index in [4.69, 9.17) is 4.84 Å².